The average Bonchev–Trinajstić information content (AvgIpc) is 3.09. The van der Waals surface area contributed by atoms with E-state index in [1.165, 1.54) is 0 Å². The number of unbranched alkanes of at least 4 members (excludes halogenated alkanes) is 1. The Kier molecular flexibility index (Phi) is 7.42. The summed E-state index contributed by atoms with van der Waals surface area (Å²) < 4.78 is 13.1. The summed E-state index contributed by atoms with van der Waals surface area (Å²) in [6.45, 7) is 10.4. The molecule has 0 radical (unpaired) electrons. The lowest BCUT2D eigenvalue weighted by Gasteiger charge is -2.28. The Morgan fingerprint density at radius 3 is 2.63 bits per heavy atom. The molecule has 7 nitrogen and oxygen atoms in total. The lowest BCUT2D eigenvalue weighted by Crippen LogP contribution is -2.30. The number of hydrogen-bond acceptors (Lipinski definition) is 7. The minimum Gasteiger partial charge on any atom is -0.494 e. The Morgan fingerprint density at radius 2 is 2.00 bits per heavy atom. The van der Waals surface area contributed by atoms with Crippen molar-refractivity contribution in [2.75, 3.05) is 17.7 Å². The maximum Gasteiger partial charge on any atom is 0.338 e. The first-order valence-electron chi connectivity index (χ1n) is 10.4. The lowest BCUT2D eigenvalue weighted by atomic mass is 9.95. The molecule has 1 aromatic heterocycles. The molecule has 0 saturated carbocycles. The van der Waals surface area contributed by atoms with Crippen molar-refractivity contribution in [3.8, 4) is 5.75 Å². The minimum absolute atomic E-state index is 0.212. The van der Waals surface area contributed by atoms with E-state index in [0.29, 0.717) is 23.3 Å². The molecule has 30 heavy (non-hydrogen) atoms. The number of anilines is 1. The largest absolute Gasteiger partial charge is 0.494 e. The van der Waals surface area contributed by atoms with Gasteiger partial charge in [-0.2, -0.15) is 4.98 Å². The fourth-order valence-corrected chi connectivity index (χ4v) is 3.81. The maximum absolute atomic E-state index is 13.0. The summed E-state index contributed by atoms with van der Waals surface area (Å²) in [6.07, 6.45) is 1.89. The van der Waals surface area contributed by atoms with E-state index in [-0.39, 0.29) is 12.1 Å². The van der Waals surface area contributed by atoms with Crippen LogP contribution in [0, 0.1) is 0 Å². The van der Waals surface area contributed by atoms with Gasteiger partial charge in [0.25, 0.3) is 0 Å². The van der Waals surface area contributed by atoms with Crippen LogP contribution in [0.5, 0.6) is 5.75 Å². The van der Waals surface area contributed by atoms with Crippen LogP contribution in [0.3, 0.4) is 0 Å². The van der Waals surface area contributed by atoms with E-state index in [0.717, 1.165) is 35.6 Å². The number of ether oxygens (including phenoxy) is 2. The number of nitrogens with zero attached hydrogens (tertiary/aromatic N) is 3. The van der Waals surface area contributed by atoms with Crippen molar-refractivity contribution >= 4 is 23.7 Å². The molecule has 1 atom stereocenters. The van der Waals surface area contributed by atoms with Crippen LogP contribution in [0.1, 0.15) is 59.1 Å². The van der Waals surface area contributed by atoms with Crippen molar-refractivity contribution in [2.24, 2.45) is 0 Å². The second-order valence-electron chi connectivity index (χ2n) is 7.39. The summed E-state index contributed by atoms with van der Waals surface area (Å²) in [7, 11) is 0. The Bertz CT molecular complexity index is 906. The summed E-state index contributed by atoms with van der Waals surface area (Å²) in [4.78, 5) is 17.6. The van der Waals surface area contributed by atoms with Crippen LogP contribution in [0.4, 0.5) is 5.95 Å². The molecule has 1 aromatic carbocycles. The molecule has 0 bridgehead atoms. The van der Waals surface area contributed by atoms with Crippen molar-refractivity contribution in [3.63, 3.8) is 0 Å². The van der Waals surface area contributed by atoms with Gasteiger partial charge in [-0.15, -0.1) is 5.10 Å². The number of esters is 1. The number of fused-ring (bicyclic) bond motifs is 1. The van der Waals surface area contributed by atoms with Crippen LogP contribution < -0.4 is 10.1 Å². The number of hydrogen-bond donors (Lipinski definition) is 1. The van der Waals surface area contributed by atoms with E-state index in [2.05, 4.69) is 29.2 Å². The van der Waals surface area contributed by atoms with Gasteiger partial charge in [0, 0.05) is 5.70 Å². The molecule has 3 rings (SSSR count). The molecule has 2 heterocycles. The first kappa shape index (κ1) is 22.2. The molecule has 1 unspecified atom stereocenters. The van der Waals surface area contributed by atoms with E-state index in [9.17, 15) is 4.79 Å². The molecular weight excluding hydrogens is 400 g/mol. The quantitative estimate of drug-likeness (QED) is 0.347. The SMILES string of the molecule is CCCCOc1ccc(C2C(C(=O)OC(C)C)=C(C)Nc3nc(SCC)nn32)cc1. The zero-order valence-corrected chi connectivity index (χ0v) is 19.1. The van der Waals surface area contributed by atoms with Crippen LogP contribution in [-0.2, 0) is 9.53 Å². The minimum atomic E-state index is -0.420. The van der Waals surface area contributed by atoms with E-state index in [1.807, 2.05) is 45.0 Å². The molecule has 1 N–H and O–H groups in total. The molecule has 8 heteroatoms. The van der Waals surface area contributed by atoms with E-state index >= 15 is 0 Å². The van der Waals surface area contributed by atoms with Gasteiger partial charge in [0.05, 0.1) is 18.3 Å². The molecule has 0 saturated heterocycles. The highest BCUT2D eigenvalue weighted by Crippen LogP contribution is 2.37. The number of allylic oxidation sites excluding steroid dienone is 1. The topological polar surface area (TPSA) is 78.3 Å². The highest BCUT2D eigenvalue weighted by molar-refractivity contribution is 7.99. The normalized spacial score (nSPS) is 15.7. The van der Waals surface area contributed by atoms with Gasteiger partial charge < -0.3 is 14.8 Å². The first-order chi connectivity index (χ1) is 14.4. The highest BCUT2D eigenvalue weighted by Gasteiger charge is 2.35. The van der Waals surface area contributed by atoms with Gasteiger partial charge in [0.1, 0.15) is 11.8 Å². The van der Waals surface area contributed by atoms with Crippen molar-refractivity contribution in [1.29, 1.82) is 0 Å². The summed E-state index contributed by atoms with van der Waals surface area (Å²) in [5.74, 6) is 1.95. The number of rotatable bonds is 9. The summed E-state index contributed by atoms with van der Waals surface area (Å²) in [5.41, 5.74) is 2.18. The van der Waals surface area contributed by atoms with Crippen LogP contribution >= 0.6 is 11.8 Å². The number of carbonyl (C=O) groups is 1. The van der Waals surface area contributed by atoms with Gasteiger partial charge in [-0.05, 0) is 50.6 Å². The summed E-state index contributed by atoms with van der Waals surface area (Å²) in [6, 6.07) is 7.41. The smallest absolute Gasteiger partial charge is 0.338 e. The van der Waals surface area contributed by atoms with Gasteiger partial charge in [-0.25, -0.2) is 9.48 Å². The molecule has 0 aliphatic carbocycles. The monoisotopic (exact) mass is 430 g/mol. The Balaban J connectivity index is 1.99. The maximum atomic E-state index is 13.0. The summed E-state index contributed by atoms with van der Waals surface area (Å²) >= 11 is 1.56. The molecule has 0 spiro atoms. The molecule has 2 aromatic rings. The van der Waals surface area contributed by atoms with E-state index in [4.69, 9.17) is 9.47 Å². The number of aromatic nitrogens is 3. The fraction of sp³-hybridized carbons (Fsp3) is 0.500. The van der Waals surface area contributed by atoms with Crippen LogP contribution in [-0.4, -0.2) is 39.2 Å². The van der Waals surface area contributed by atoms with E-state index < -0.39 is 6.04 Å². The second kappa shape index (κ2) is 10.0. The zero-order valence-electron chi connectivity index (χ0n) is 18.3. The van der Waals surface area contributed by atoms with Crippen molar-refractivity contribution < 1.29 is 14.3 Å². The highest BCUT2D eigenvalue weighted by atomic mass is 32.2. The van der Waals surface area contributed by atoms with Gasteiger partial charge in [0.15, 0.2) is 0 Å². The molecule has 1 aliphatic heterocycles. The summed E-state index contributed by atoms with van der Waals surface area (Å²) in [5, 5.41) is 8.56. The van der Waals surface area contributed by atoms with E-state index in [1.54, 1.807) is 16.4 Å². The first-order valence-corrected chi connectivity index (χ1v) is 11.4. The third kappa shape index (κ3) is 4.98. The van der Waals surface area contributed by atoms with Crippen LogP contribution in [0.2, 0.25) is 0 Å². The predicted molar refractivity (Wildman–Crippen MR) is 119 cm³/mol. The fourth-order valence-electron chi connectivity index (χ4n) is 3.25. The van der Waals surface area contributed by atoms with Crippen LogP contribution in [0.25, 0.3) is 0 Å². The number of benzene rings is 1. The Hall–Kier alpha value is -2.48. The third-order valence-electron chi connectivity index (χ3n) is 4.63. The average molecular weight is 431 g/mol. The standard InChI is InChI=1S/C22H30N4O3S/c1-6-8-13-28-17-11-9-16(10-12-17)19-18(20(27)29-14(3)4)15(5)23-21-24-22(30-7-2)25-26(19)21/h9-12,14,19H,6-8,13H2,1-5H3,(H,23,24,25). The van der Waals surface area contributed by atoms with Crippen molar-refractivity contribution in [1.82, 2.24) is 14.8 Å². The molecule has 0 fully saturated rings. The lowest BCUT2D eigenvalue weighted by molar-refractivity contribution is -0.143. The van der Waals surface area contributed by atoms with Crippen molar-refractivity contribution in [2.45, 2.75) is 64.8 Å². The van der Waals surface area contributed by atoms with Gasteiger partial charge in [-0.3, -0.25) is 0 Å². The number of carbonyl (C=O) groups excluding carboxylic acids is 1. The third-order valence-corrected chi connectivity index (χ3v) is 5.35. The van der Waals surface area contributed by atoms with Crippen LogP contribution in [0.15, 0.2) is 40.7 Å². The molecule has 162 valence electrons. The Labute approximate surface area is 182 Å². The van der Waals surface area contributed by atoms with Gasteiger partial charge >= 0.3 is 5.97 Å². The molecule has 1 aliphatic rings. The predicted octanol–water partition coefficient (Wildman–Crippen LogP) is 4.81. The second-order valence-corrected chi connectivity index (χ2v) is 8.62. The number of thioether (sulfide) groups is 1. The van der Waals surface area contributed by atoms with Crippen molar-refractivity contribution in [3.05, 3.63) is 41.1 Å². The molecule has 0 amide bonds. The molecular formula is C22H30N4O3S. The Morgan fingerprint density at radius 1 is 1.27 bits per heavy atom. The number of nitrogens with one attached hydrogen (secondary N) is 1. The van der Waals surface area contributed by atoms with Gasteiger partial charge in [-0.1, -0.05) is 44.2 Å². The zero-order chi connectivity index (χ0) is 21.7. The van der Waals surface area contributed by atoms with Gasteiger partial charge in [0.2, 0.25) is 11.1 Å².